The molecule has 4 aromatic rings. The summed E-state index contributed by atoms with van der Waals surface area (Å²) in [6.07, 6.45) is 0. The van der Waals surface area contributed by atoms with E-state index in [0.717, 1.165) is 0 Å². The molecule has 9 heteroatoms. The Balaban J connectivity index is 1.49. The topological polar surface area (TPSA) is 110 Å². The van der Waals surface area contributed by atoms with Gasteiger partial charge in [-0.3, -0.25) is 14.4 Å². The van der Waals surface area contributed by atoms with E-state index in [1.54, 1.807) is 24.3 Å². The Hall–Kier alpha value is -4.27. The number of aromatic amines is 1. The van der Waals surface area contributed by atoms with Crippen molar-refractivity contribution in [3.05, 3.63) is 99.0 Å². The van der Waals surface area contributed by atoms with Gasteiger partial charge in [0.15, 0.2) is 0 Å². The summed E-state index contributed by atoms with van der Waals surface area (Å²) in [5.74, 6) is 0.691. The Morgan fingerprint density at radius 1 is 1.03 bits per heavy atom. The van der Waals surface area contributed by atoms with Crippen molar-refractivity contribution in [3.8, 4) is 5.75 Å². The maximum atomic E-state index is 13.1. The molecule has 0 radical (unpaired) electrons. The van der Waals surface area contributed by atoms with Crippen LogP contribution in [0.1, 0.15) is 23.2 Å². The minimum absolute atomic E-state index is 0.104. The molecule has 0 aliphatic rings. The van der Waals surface area contributed by atoms with Crippen LogP contribution in [0.5, 0.6) is 5.75 Å². The van der Waals surface area contributed by atoms with Gasteiger partial charge in [-0.2, -0.15) is 5.10 Å². The van der Waals surface area contributed by atoms with Crippen LogP contribution in [0.4, 0.5) is 0 Å². The third-order valence-corrected chi connectivity index (χ3v) is 5.07. The van der Waals surface area contributed by atoms with E-state index in [-0.39, 0.29) is 42.4 Å². The molecule has 168 valence electrons. The second-order valence-electron chi connectivity index (χ2n) is 7.29. The Labute approximate surface area is 189 Å². The highest BCUT2D eigenvalue weighted by Gasteiger charge is 2.18. The lowest BCUT2D eigenvalue weighted by Crippen LogP contribution is -2.35. The predicted octanol–water partition coefficient (Wildman–Crippen LogP) is 2.22. The minimum atomic E-state index is -0.369. The molecule has 1 amide bonds. The van der Waals surface area contributed by atoms with Crippen LogP contribution in [0, 0.1) is 0 Å². The number of nitrogens with zero attached hydrogens (tertiary/aromatic N) is 4. The summed E-state index contributed by atoms with van der Waals surface area (Å²) in [6.45, 7) is 2.72. The summed E-state index contributed by atoms with van der Waals surface area (Å²) < 4.78 is 6.83. The van der Waals surface area contributed by atoms with Crippen LogP contribution in [0.3, 0.4) is 0 Å². The number of nitrogens with one attached hydrogen (secondary N) is 1. The van der Waals surface area contributed by atoms with E-state index in [2.05, 4.69) is 15.1 Å². The first-order valence-electron chi connectivity index (χ1n) is 10.6. The first-order chi connectivity index (χ1) is 16.0. The average molecular weight is 445 g/mol. The highest BCUT2D eigenvalue weighted by atomic mass is 16.5. The van der Waals surface area contributed by atoms with Gasteiger partial charge in [0.1, 0.15) is 23.9 Å². The normalized spacial score (nSPS) is 10.8. The zero-order valence-corrected chi connectivity index (χ0v) is 18.1. The lowest BCUT2D eigenvalue weighted by molar-refractivity contribution is 0.0739. The van der Waals surface area contributed by atoms with Crippen molar-refractivity contribution in [3.63, 3.8) is 0 Å². The summed E-state index contributed by atoms with van der Waals surface area (Å²) in [6, 6.07) is 19.0. The third-order valence-electron chi connectivity index (χ3n) is 5.07. The Kier molecular flexibility index (Phi) is 6.58. The average Bonchev–Trinajstić information content (AvgIpc) is 2.84. The number of amides is 1. The summed E-state index contributed by atoms with van der Waals surface area (Å²) >= 11 is 0. The van der Waals surface area contributed by atoms with Crippen LogP contribution in [-0.4, -0.2) is 43.7 Å². The lowest BCUT2D eigenvalue weighted by Gasteiger charge is -2.20. The quantitative estimate of drug-likeness (QED) is 0.445. The van der Waals surface area contributed by atoms with Crippen molar-refractivity contribution in [2.45, 2.75) is 20.0 Å². The van der Waals surface area contributed by atoms with Crippen molar-refractivity contribution in [1.82, 2.24) is 24.6 Å². The predicted molar refractivity (Wildman–Crippen MR) is 123 cm³/mol. The van der Waals surface area contributed by atoms with Crippen LogP contribution in [0.2, 0.25) is 0 Å². The molecule has 0 saturated carbocycles. The van der Waals surface area contributed by atoms with Gasteiger partial charge in [-0.1, -0.05) is 30.3 Å². The summed E-state index contributed by atoms with van der Waals surface area (Å²) in [5, 5.41) is 4.71. The van der Waals surface area contributed by atoms with Gasteiger partial charge in [0.2, 0.25) is 0 Å². The first kappa shape index (κ1) is 21.9. The van der Waals surface area contributed by atoms with Crippen LogP contribution in [-0.2, 0) is 13.1 Å². The fraction of sp³-hybridized carbons (Fsp3) is 0.208. The second-order valence-corrected chi connectivity index (χ2v) is 7.29. The fourth-order valence-electron chi connectivity index (χ4n) is 3.37. The number of rotatable bonds is 8. The van der Waals surface area contributed by atoms with E-state index >= 15 is 0 Å². The number of H-pyrrole nitrogens is 1. The SMILES string of the molecule is CCN(Cc1nc2ccccc2c(=O)[nH]1)C(=O)c1ccc(=O)n(CCOc2ccccc2)n1. The minimum Gasteiger partial charge on any atom is -0.492 e. The molecule has 0 aliphatic heterocycles. The number of hydrogen-bond donors (Lipinski definition) is 1. The lowest BCUT2D eigenvalue weighted by atomic mass is 10.2. The van der Waals surface area contributed by atoms with E-state index in [1.807, 2.05) is 37.3 Å². The molecule has 2 aromatic heterocycles. The van der Waals surface area contributed by atoms with Gasteiger partial charge >= 0.3 is 0 Å². The molecular formula is C24H23N5O4. The Morgan fingerprint density at radius 3 is 2.58 bits per heavy atom. The smallest absolute Gasteiger partial charge is 0.274 e. The van der Waals surface area contributed by atoms with Crippen molar-refractivity contribution >= 4 is 16.8 Å². The number of aromatic nitrogens is 4. The van der Waals surface area contributed by atoms with E-state index < -0.39 is 0 Å². The monoisotopic (exact) mass is 445 g/mol. The fourth-order valence-corrected chi connectivity index (χ4v) is 3.37. The van der Waals surface area contributed by atoms with Gasteiger partial charge in [0.25, 0.3) is 17.0 Å². The van der Waals surface area contributed by atoms with Crippen molar-refractivity contribution in [2.24, 2.45) is 0 Å². The van der Waals surface area contributed by atoms with Gasteiger partial charge in [-0.15, -0.1) is 0 Å². The van der Waals surface area contributed by atoms with Gasteiger partial charge < -0.3 is 14.6 Å². The van der Waals surface area contributed by atoms with Gasteiger partial charge in [0, 0.05) is 12.6 Å². The zero-order chi connectivity index (χ0) is 23.2. The number of hydrogen-bond acceptors (Lipinski definition) is 6. The molecule has 2 heterocycles. The van der Waals surface area contributed by atoms with E-state index in [9.17, 15) is 14.4 Å². The molecule has 4 rings (SSSR count). The molecule has 0 fully saturated rings. The first-order valence-corrected chi connectivity index (χ1v) is 10.6. The van der Waals surface area contributed by atoms with Crippen molar-refractivity contribution in [2.75, 3.05) is 13.2 Å². The standard InChI is InChI=1S/C24H23N5O4/c1-2-28(16-21-25-19-11-7-6-10-18(19)23(31)26-21)24(32)20-12-13-22(30)29(27-20)14-15-33-17-8-4-3-5-9-17/h3-13H,2,14-16H2,1H3,(H,25,26,31). The highest BCUT2D eigenvalue weighted by Crippen LogP contribution is 2.10. The summed E-state index contributed by atoms with van der Waals surface area (Å²) in [5.41, 5.74) is 0.0973. The number of carbonyl (C=O) groups is 1. The van der Waals surface area contributed by atoms with E-state index in [4.69, 9.17) is 4.74 Å². The maximum Gasteiger partial charge on any atom is 0.274 e. The largest absolute Gasteiger partial charge is 0.492 e. The van der Waals surface area contributed by atoms with Gasteiger partial charge in [0.05, 0.1) is 24.0 Å². The molecule has 2 aromatic carbocycles. The van der Waals surface area contributed by atoms with Crippen LogP contribution in [0.15, 0.2) is 76.3 Å². The van der Waals surface area contributed by atoms with Crippen molar-refractivity contribution < 1.29 is 9.53 Å². The molecular weight excluding hydrogens is 422 g/mol. The number of ether oxygens (including phenoxy) is 1. The molecule has 0 bridgehead atoms. The molecule has 9 nitrogen and oxygen atoms in total. The molecule has 0 spiro atoms. The molecule has 0 atom stereocenters. The molecule has 0 saturated heterocycles. The molecule has 33 heavy (non-hydrogen) atoms. The maximum absolute atomic E-state index is 13.1. The number of benzene rings is 2. The second kappa shape index (κ2) is 9.90. The van der Waals surface area contributed by atoms with E-state index in [0.29, 0.717) is 29.0 Å². The van der Waals surface area contributed by atoms with Crippen LogP contribution >= 0.6 is 0 Å². The third kappa shape index (κ3) is 5.15. The number of carbonyl (C=O) groups excluding carboxylic acids is 1. The van der Waals surface area contributed by atoms with Gasteiger partial charge in [-0.25, -0.2) is 9.67 Å². The summed E-state index contributed by atoms with van der Waals surface area (Å²) in [7, 11) is 0. The van der Waals surface area contributed by atoms with E-state index in [1.165, 1.54) is 21.7 Å². The molecule has 0 aliphatic carbocycles. The molecule has 1 N–H and O–H groups in total. The van der Waals surface area contributed by atoms with Gasteiger partial charge in [-0.05, 0) is 37.3 Å². The number of para-hydroxylation sites is 2. The Morgan fingerprint density at radius 2 is 1.79 bits per heavy atom. The zero-order valence-electron chi connectivity index (χ0n) is 18.1. The summed E-state index contributed by atoms with van der Waals surface area (Å²) in [4.78, 5) is 46.3. The van der Waals surface area contributed by atoms with Crippen LogP contribution < -0.4 is 15.9 Å². The highest BCUT2D eigenvalue weighted by molar-refractivity contribution is 5.92. The van der Waals surface area contributed by atoms with Crippen molar-refractivity contribution in [1.29, 1.82) is 0 Å². The molecule has 0 unspecified atom stereocenters. The number of fused-ring (bicyclic) bond motifs is 1. The Bertz CT molecular complexity index is 1380. The van der Waals surface area contributed by atoms with Crippen LogP contribution in [0.25, 0.3) is 10.9 Å².